The number of aryl methyl sites for hydroxylation is 2. The van der Waals surface area contributed by atoms with Crippen LogP contribution in [0.25, 0.3) is 0 Å². The highest BCUT2D eigenvalue weighted by atomic mass is 16.5. The van der Waals surface area contributed by atoms with Gasteiger partial charge in [-0.05, 0) is 62.1 Å². The molecule has 1 heterocycles. The Morgan fingerprint density at radius 3 is 1.85 bits per heavy atom. The third-order valence-corrected chi connectivity index (χ3v) is 6.54. The first-order chi connectivity index (χ1) is 18.5. The number of hydrogen-bond acceptors (Lipinski definition) is 8. The van der Waals surface area contributed by atoms with Crippen molar-refractivity contribution in [2.24, 2.45) is 0 Å². The molecule has 0 bridgehead atoms. The molecule has 0 aliphatic rings. The minimum absolute atomic E-state index is 0.0146. The third-order valence-electron chi connectivity index (χ3n) is 6.54. The molecule has 10 nitrogen and oxygen atoms in total. The van der Waals surface area contributed by atoms with Gasteiger partial charge >= 0.3 is 17.6 Å². The Morgan fingerprint density at radius 1 is 0.846 bits per heavy atom. The lowest BCUT2D eigenvalue weighted by Gasteiger charge is -2.27. The topological polar surface area (TPSA) is 127 Å². The van der Waals surface area contributed by atoms with E-state index in [-0.39, 0.29) is 11.7 Å². The molecular formula is C29H35N2O8+. The Hall–Kier alpha value is -4.47. The van der Waals surface area contributed by atoms with Crippen LogP contribution in [0.5, 0.6) is 23.0 Å². The molecule has 0 unspecified atom stereocenters. The number of methoxy groups -OCH3 is 3. The van der Waals surface area contributed by atoms with Crippen LogP contribution in [0.15, 0.2) is 48.7 Å². The van der Waals surface area contributed by atoms with Gasteiger partial charge in [0, 0.05) is 10.6 Å². The van der Waals surface area contributed by atoms with Crippen LogP contribution in [0.3, 0.4) is 0 Å². The van der Waals surface area contributed by atoms with Crippen LogP contribution in [0.4, 0.5) is 0 Å². The maximum atomic E-state index is 13.1. The molecule has 10 heteroatoms. The normalized spacial score (nSPS) is 12.4. The lowest BCUT2D eigenvalue weighted by Crippen LogP contribution is -2.47. The highest BCUT2D eigenvalue weighted by molar-refractivity contribution is 5.96. The molecule has 2 atom stereocenters. The van der Waals surface area contributed by atoms with Gasteiger partial charge in [0.15, 0.2) is 5.75 Å². The Labute approximate surface area is 227 Å². The maximum absolute atomic E-state index is 13.1. The van der Waals surface area contributed by atoms with Gasteiger partial charge in [-0.15, -0.1) is 0 Å². The van der Waals surface area contributed by atoms with Gasteiger partial charge in [-0.25, -0.2) is 4.79 Å². The summed E-state index contributed by atoms with van der Waals surface area (Å²) in [6.45, 7) is 7.10. The summed E-state index contributed by atoms with van der Waals surface area (Å²) in [5, 5.41) is 22.8. The van der Waals surface area contributed by atoms with Crippen LogP contribution in [0, 0.1) is 13.8 Å². The Bertz CT molecular complexity index is 1300. The molecule has 3 rings (SSSR count). The number of carbonyl (C=O) groups excluding carboxylic acids is 2. The number of pyridine rings is 1. The summed E-state index contributed by atoms with van der Waals surface area (Å²) in [6, 6.07) is 11.8. The number of aromatic nitrogens is 1. The molecule has 2 aromatic carbocycles. The second kappa shape index (κ2) is 12.4. The van der Waals surface area contributed by atoms with Gasteiger partial charge in [-0.2, -0.15) is 0 Å². The van der Waals surface area contributed by atoms with Crippen LogP contribution >= 0.6 is 0 Å². The summed E-state index contributed by atoms with van der Waals surface area (Å²) in [7, 11) is 4.50. The van der Waals surface area contributed by atoms with Crippen LogP contribution < -0.4 is 24.3 Å². The van der Waals surface area contributed by atoms with E-state index in [1.807, 2.05) is 50.2 Å². The monoisotopic (exact) mass is 539 g/mol. The molecule has 1 amide bonds. The molecular weight excluding hydrogens is 504 g/mol. The largest absolute Gasteiger partial charge is 0.499 e. The second-order valence-corrected chi connectivity index (χ2v) is 9.20. The van der Waals surface area contributed by atoms with Gasteiger partial charge in [0.2, 0.25) is 11.9 Å². The Balaban J connectivity index is 1.88. The second-order valence-electron chi connectivity index (χ2n) is 9.20. The lowest BCUT2D eigenvalue weighted by atomic mass is 9.86. The smallest absolute Gasteiger partial charge is 0.366 e. The predicted octanol–water partition coefficient (Wildman–Crippen LogP) is 3.44. The van der Waals surface area contributed by atoms with Crippen molar-refractivity contribution in [2.45, 2.75) is 45.8 Å². The number of benzene rings is 2. The first-order valence-corrected chi connectivity index (χ1v) is 12.3. The van der Waals surface area contributed by atoms with Crippen molar-refractivity contribution in [3.05, 3.63) is 76.6 Å². The third kappa shape index (κ3) is 6.34. The van der Waals surface area contributed by atoms with E-state index < -0.39 is 35.5 Å². The molecule has 1 aromatic heterocycles. The molecule has 3 N–H and O–H groups in total. The summed E-state index contributed by atoms with van der Waals surface area (Å²) in [6.07, 6.45) is 0.471. The number of amides is 1. The van der Waals surface area contributed by atoms with Crippen LogP contribution in [-0.2, 0) is 9.53 Å². The first kappa shape index (κ1) is 29.1. The van der Waals surface area contributed by atoms with Crippen molar-refractivity contribution in [1.29, 1.82) is 0 Å². The molecule has 0 saturated heterocycles. The summed E-state index contributed by atoms with van der Waals surface area (Å²) >= 11 is 0. The van der Waals surface area contributed by atoms with Gasteiger partial charge in [0.05, 0.1) is 27.4 Å². The number of aromatic hydroxyl groups is 1. The molecule has 0 radical (unpaired) electrons. The fourth-order valence-electron chi connectivity index (χ4n) is 4.37. The first-order valence-electron chi connectivity index (χ1n) is 12.3. The fraction of sp³-hybridized carbons (Fsp3) is 0.345. The minimum atomic E-state index is -1.11. The zero-order chi connectivity index (χ0) is 28.9. The molecule has 0 fully saturated rings. The Morgan fingerprint density at radius 2 is 1.36 bits per heavy atom. The van der Waals surface area contributed by atoms with Crippen LogP contribution in [-0.4, -0.2) is 55.7 Å². The predicted molar refractivity (Wildman–Crippen MR) is 142 cm³/mol. The molecule has 0 aliphatic heterocycles. The summed E-state index contributed by atoms with van der Waals surface area (Å²) in [4.78, 5) is 25.9. The van der Waals surface area contributed by atoms with E-state index in [1.54, 1.807) is 21.1 Å². The SMILES string of the molecule is COc1cc(C(c2ccc(C)c(OC)c2)[C@H](C)OC(=O)[C@H](C)NC(=O)c2c(O)c(OC)cc[n+]2O)ccc1C. The Kier molecular flexibility index (Phi) is 9.24. The summed E-state index contributed by atoms with van der Waals surface area (Å²) in [5.74, 6) is -1.17. The number of nitrogens with one attached hydrogen (secondary N) is 1. The fourth-order valence-corrected chi connectivity index (χ4v) is 4.37. The summed E-state index contributed by atoms with van der Waals surface area (Å²) in [5.41, 5.74) is 3.16. The van der Waals surface area contributed by atoms with Gasteiger partial charge in [0.1, 0.15) is 23.6 Å². The van der Waals surface area contributed by atoms with Crippen molar-refractivity contribution in [3.63, 3.8) is 0 Å². The van der Waals surface area contributed by atoms with Gasteiger partial charge in [-0.1, -0.05) is 24.3 Å². The van der Waals surface area contributed by atoms with Gasteiger partial charge < -0.3 is 29.4 Å². The average molecular weight is 540 g/mol. The number of esters is 1. The van der Waals surface area contributed by atoms with E-state index in [9.17, 15) is 19.9 Å². The zero-order valence-electron chi connectivity index (χ0n) is 23.1. The standard InChI is InChI=1S/C29H34N2O8/c1-16-8-10-20(14-23(16)37-6)25(21-11-9-17(2)24(15-21)38-7)19(4)39-29(34)18(3)30-28(33)26-27(32)22(36-5)12-13-31(26)35/h8-15,18-19,25H,1-7H3,(H2-,30,32,33,35)/p+1/t18-,19-/m0/s1. The van der Waals surface area contributed by atoms with E-state index in [1.165, 1.54) is 20.1 Å². The number of hydrogen-bond donors (Lipinski definition) is 3. The molecule has 0 spiro atoms. The van der Waals surface area contributed by atoms with Crippen molar-refractivity contribution in [3.8, 4) is 23.0 Å². The molecule has 0 saturated carbocycles. The molecule has 39 heavy (non-hydrogen) atoms. The number of ether oxygens (including phenoxy) is 4. The minimum Gasteiger partial charge on any atom is -0.499 e. The van der Waals surface area contributed by atoms with E-state index >= 15 is 0 Å². The van der Waals surface area contributed by atoms with Crippen molar-refractivity contribution >= 4 is 11.9 Å². The highest BCUT2D eigenvalue weighted by Gasteiger charge is 2.33. The summed E-state index contributed by atoms with van der Waals surface area (Å²) < 4.78 is 22.3. The van der Waals surface area contributed by atoms with Gasteiger partial charge in [-0.3, -0.25) is 10.0 Å². The molecule has 208 valence electrons. The van der Waals surface area contributed by atoms with E-state index in [4.69, 9.17) is 18.9 Å². The van der Waals surface area contributed by atoms with Gasteiger partial charge in [0.25, 0.3) is 0 Å². The quantitative estimate of drug-likeness (QED) is 0.203. The van der Waals surface area contributed by atoms with Crippen molar-refractivity contribution in [2.75, 3.05) is 21.3 Å². The van der Waals surface area contributed by atoms with E-state index in [0.717, 1.165) is 28.5 Å². The van der Waals surface area contributed by atoms with E-state index in [0.29, 0.717) is 16.2 Å². The number of nitrogens with zero attached hydrogens (tertiary/aromatic N) is 1. The zero-order valence-corrected chi connectivity index (χ0v) is 23.1. The number of carbonyl (C=O) groups is 2. The highest BCUT2D eigenvalue weighted by Crippen LogP contribution is 2.35. The molecule has 3 aromatic rings. The van der Waals surface area contributed by atoms with E-state index in [2.05, 4.69) is 5.32 Å². The average Bonchev–Trinajstić information content (AvgIpc) is 2.90. The van der Waals surface area contributed by atoms with Crippen molar-refractivity contribution < 1.29 is 43.6 Å². The molecule has 0 aliphatic carbocycles. The lowest BCUT2D eigenvalue weighted by molar-refractivity contribution is -0.906. The van der Waals surface area contributed by atoms with Crippen LogP contribution in [0.2, 0.25) is 0 Å². The number of rotatable bonds is 10. The van der Waals surface area contributed by atoms with Crippen LogP contribution in [0.1, 0.15) is 52.5 Å². The maximum Gasteiger partial charge on any atom is 0.366 e. The van der Waals surface area contributed by atoms with Crippen molar-refractivity contribution in [1.82, 2.24) is 5.32 Å².